The van der Waals surface area contributed by atoms with Crippen molar-refractivity contribution in [2.24, 2.45) is 0 Å². The van der Waals surface area contributed by atoms with E-state index in [0.29, 0.717) is 30.3 Å². The van der Waals surface area contributed by atoms with Crippen LogP contribution >= 0.6 is 11.6 Å². The van der Waals surface area contributed by atoms with Crippen molar-refractivity contribution in [3.05, 3.63) is 95.6 Å². The lowest BCUT2D eigenvalue weighted by atomic mass is 10.1. The average molecular weight is 553 g/mol. The van der Waals surface area contributed by atoms with Crippen LogP contribution in [-0.4, -0.2) is 39.0 Å². The quantitative estimate of drug-likeness (QED) is 0.215. The van der Waals surface area contributed by atoms with Gasteiger partial charge in [-0.1, -0.05) is 41.9 Å². The molecule has 4 rings (SSSR count). The Kier molecular flexibility index (Phi) is 9.17. The molecule has 1 heterocycles. The molecule has 0 saturated heterocycles. The van der Waals surface area contributed by atoms with Gasteiger partial charge in [0.15, 0.2) is 6.61 Å². The largest absolute Gasteiger partial charge is 0.484 e. The van der Waals surface area contributed by atoms with Crippen LogP contribution in [0.25, 0.3) is 10.9 Å². The molecule has 0 aliphatic rings. The molecule has 8 nitrogen and oxygen atoms in total. The summed E-state index contributed by atoms with van der Waals surface area (Å²) in [5, 5.41) is 7.79. The van der Waals surface area contributed by atoms with Crippen molar-refractivity contribution in [1.29, 1.82) is 0 Å². The number of sulfonamides is 1. The number of nitrogens with one attached hydrogen (secondary N) is 3. The van der Waals surface area contributed by atoms with Crippen LogP contribution in [0.4, 0.5) is 5.69 Å². The molecule has 0 spiro atoms. The number of rotatable bonds is 12. The normalized spacial score (nSPS) is 12.2. The van der Waals surface area contributed by atoms with Gasteiger partial charge in [-0.05, 0) is 67.4 Å². The minimum atomic E-state index is -3.71. The summed E-state index contributed by atoms with van der Waals surface area (Å²) in [7, 11) is -3.71. The number of anilines is 1. The van der Waals surface area contributed by atoms with Gasteiger partial charge in [-0.15, -0.1) is 0 Å². The van der Waals surface area contributed by atoms with Gasteiger partial charge in [0.25, 0.3) is 5.91 Å². The molecule has 1 atom stereocenters. The van der Waals surface area contributed by atoms with Crippen molar-refractivity contribution in [1.82, 2.24) is 15.0 Å². The highest BCUT2D eigenvalue weighted by Gasteiger charge is 2.18. The first-order valence-corrected chi connectivity index (χ1v) is 14.0. The van der Waals surface area contributed by atoms with Crippen LogP contribution in [0.15, 0.2) is 90.0 Å². The molecule has 1 aromatic heterocycles. The zero-order valence-corrected chi connectivity index (χ0v) is 22.4. The maximum atomic E-state index is 12.7. The summed E-state index contributed by atoms with van der Waals surface area (Å²) in [4.78, 5) is 16.6. The lowest BCUT2D eigenvalue weighted by Gasteiger charge is -2.15. The third kappa shape index (κ3) is 7.44. The first-order valence-electron chi connectivity index (χ1n) is 12.2. The molecular formula is C28H29ClN4O4S. The molecule has 0 aliphatic carbocycles. The minimum Gasteiger partial charge on any atom is -0.484 e. The Morgan fingerprint density at radius 2 is 1.76 bits per heavy atom. The molecule has 3 aromatic carbocycles. The highest BCUT2D eigenvalue weighted by Crippen LogP contribution is 2.24. The molecule has 38 heavy (non-hydrogen) atoms. The Morgan fingerprint density at radius 1 is 1.00 bits per heavy atom. The fourth-order valence-electron chi connectivity index (χ4n) is 3.84. The highest BCUT2D eigenvalue weighted by atomic mass is 35.5. The molecule has 0 unspecified atom stereocenters. The van der Waals surface area contributed by atoms with Crippen molar-refractivity contribution < 1.29 is 17.9 Å². The zero-order valence-electron chi connectivity index (χ0n) is 20.9. The van der Waals surface area contributed by atoms with Gasteiger partial charge < -0.3 is 15.4 Å². The van der Waals surface area contributed by atoms with E-state index < -0.39 is 10.0 Å². The van der Waals surface area contributed by atoms with Gasteiger partial charge in [-0.2, -0.15) is 0 Å². The maximum Gasteiger partial charge on any atom is 0.257 e. The van der Waals surface area contributed by atoms with E-state index in [1.54, 1.807) is 13.1 Å². The molecule has 198 valence electrons. The number of nitrogens with zero attached hydrogens (tertiary/aromatic N) is 1. The smallest absolute Gasteiger partial charge is 0.257 e. The molecule has 0 radical (unpaired) electrons. The zero-order chi connectivity index (χ0) is 27.0. The molecule has 10 heteroatoms. The fraction of sp³-hybridized carbons (Fsp3) is 0.214. The van der Waals surface area contributed by atoms with Crippen LogP contribution in [0.2, 0.25) is 5.02 Å². The first-order chi connectivity index (χ1) is 18.3. The van der Waals surface area contributed by atoms with Gasteiger partial charge in [-0.3, -0.25) is 9.78 Å². The number of aromatic nitrogens is 1. The van der Waals surface area contributed by atoms with E-state index >= 15 is 0 Å². The van der Waals surface area contributed by atoms with Crippen molar-refractivity contribution in [3.63, 3.8) is 0 Å². The number of ether oxygens (including phenoxy) is 1. The number of amides is 1. The van der Waals surface area contributed by atoms with Gasteiger partial charge in [0.05, 0.1) is 10.4 Å². The van der Waals surface area contributed by atoms with E-state index in [4.69, 9.17) is 16.3 Å². The second-order valence-electron chi connectivity index (χ2n) is 8.66. The number of carbonyl (C=O) groups excluding carboxylic acids is 1. The molecule has 3 N–H and O–H groups in total. The Bertz CT molecular complexity index is 1480. The SMILES string of the molecule is C[C@H](NS(=O)(=O)c1ccc(OCC(=O)NCCCNc2ccnc3cc(Cl)ccc23)cc1)c1ccccc1. The van der Waals surface area contributed by atoms with Crippen LogP contribution in [0.5, 0.6) is 5.75 Å². The van der Waals surface area contributed by atoms with Gasteiger partial charge >= 0.3 is 0 Å². The standard InChI is InChI=1S/C28H29ClN4O4S/c1-20(21-6-3-2-4-7-21)33-38(35,36)24-11-9-23(10-12-24)37-19-28(34)32-16-5-15-30-26-14-17-31-27-18-22(29)8-13-25(26)27/h2-4,6-14,17-18,20,33H,5,15-16,19H2,1H3,(H,30,31)(H,32,34)/t20-/m0/s1. The van der Waals surface area contributed by atoms with E-state index in [0.717, 1.165) is 22.2 Å². The minimum absolute atomic E-state index is 0.120. The summed E-state index contributed by atoms with van der Waals surface area (Å²) in [5.41, 5.74) is 2.64. The van der Waals surface area contributed by atoms with Gasteiger partial charge in [0, 0.05) is 41.4 Å². The van der Waals surface area contributed by atoms with E-state index in [2.05, 4.69) is 20.3 Å². The first kappa shape index (κ1) is 27.4. The predicted octanol–water partition coefficient (Wildman–Crippen LogP) is 4.92. The van der Waals surface area contributed by atoms with Crippen LogP contribution in [-0.2, 0) is 14.8 Å². The average Bonchev–Trinajstić information content (AvgIpc) is 2.92. The number of benzene rings is 3. The van der Waals surface area contributed by atoms with Gasteiger partial charge in [-0.25, -0.2) is 13.1 Å². The van der Waals surface area contributed by atoms with Gasteiger partial charge in [0.1, 0.15) is 5.75 Å². The lowest BCUT2D eigenvalue weighted by Crippen LogP contribution is -2.30. The molecule has 0 saturated carbocycles. The Hall–Kier alpha value is -3.66. The number of hydrogen-bond acceptors (Lipinski definition) is 6. The molecule has 1 amide bonds. The highest BCUT2D eigenvalue weighted by molar-refractivity contribution is 7.89. The summed E-state index contributed by atoms with van der Waals surface area (Å²) in [6.45, 7) is 2.76. The Morgan fingerprint density at radius 3 is 2.53 bits per heavy atom. The molecule has 0 fully saturated rings. The van der Waals surface area contributed by atoms with Crippen molar-refractivity contribution >= 4 is 44.1 Å². The topological polar surface area (TPSA) is 109 Å². The summed E-state index contributed by atoms with van der Waals surface area (Å²) in [5.74, 6) is 0.144. The molecular weight excluding hydrogens is 524 g/mol. The predicted molar refractivity (Wildman–Crippen MR) is 150 cm³/mol. The van der Waals surface area contributed by atoms with E-state index in [1.165, 1.54) is 24.3 Å². The number of fused-ring (bicyclic) bond motifs is 1. The van der Waals surface area contributed by atoms with Crippen LogP contribution in [0, 0.1) is 0 Å². The third-order valence-electron chi connectivity index (χ3n) is 5.83. The molecule has 0 aliphatic heterocycles. The van der Waals surface area contributed by atoms with E-state index in [9.17, 15) is 13.2 Å². The third-order valence-corrected chi connectivity index (χ3v) is 7.62. The number of carbonyl (C=O) groups is 1. The summed E-state index contributed by atoms with van der Waals surface area (Å²) in [6.07, 6.45) is 2.44. The maximum absolute atomic E-state index is 12.7. The Labute approximate surface area is 227 Å². The van der Waals surface area contributed by atoms with Crippen molar-refractivity contribution in [2.45, 2.75) is 24.3 Å². The fourth-order valence-corrected chi connectivity index (χ4v) is 5.24. The van der Waals surface area contributed by atoms with Crippen LogP contribution in [0.3, 0.4) is 0 Å². The van der Waals surface area contributed by atoms with E-state index in [-0.39, 0.29) is 23.5 Å². The van der Waals surface area contributed by atoms with Crippen LogP contribution in [0.1, 0.15) is 24.9 Å². The summed E-state index contributed by atoms with van der Waals surface area (Å²) in [6, 6.07) is 22.4. The second-order valence-corrected chi connectivity index (χ2v) is 10.8. The Balaban J connectivity index is 1.18. The van der Waals surface area contributed by atoms with Crippen molar-refractivity contribution in [3.8, 4) is 5.75 Å². The molecule has 0 bridgehead atoms. The van der Waals surface area contributed by atoms with E-state index in [1.807, 2.05) is 54.6 Å². The van der Waals surface area contributed by atoms with Crippen LogP contribution < -0.4 is 20.1 Å². The van der Waals surface area contributed by atoms with Gasteiger partial charge in [0.2, 0.25) is 10.0 Å². The number of hydrogen-bond donors (Lipinski definition) is 3. The van der Waals surface area contributed by atoms with Crippen molar-refractivity contribution in [2.75, 3.05) is 25.0 Å². The number of pyridine rings is 1. The monoisotopic (exact) mass is 552 g/mol. The summed E-state index contributed by atoms with van der Waals surface area (Å²) >= 11 is 6.03. The molecule has 4 aromatic rings. The summed E-state index contributed by atoms with van der Waals surface area (Å²) < 4.78 is 33.6. The lowest BCUT2D eigenvalue weighted by molar-refractivity contribution is -0.123. The number of halogens is 1. The second kappa shape index (κ2) is 12.7.